The summed E-state index contributed by atoms with van der Waals surface area (Å²) in [7, 11) is 0. The molecule has 0 aliphatic heterocycles. The van der Waals surface area contributed by atoms with Crippen LogP contribution in [0.25, 0.3) is 16.9 Å². The molecule has 1 saturated carbocycles. The first-order valence-electron chi connectivity index (χ1n) is 13.1. The van der Waals surface area contributed by atoms with E-state index in [4.69, 9.17) is 0 Å². The van der Waals surface area contributed by atoms with Gasteiger partial charge in [0.25, 0.3) is 5.56 Å². The number of hydrogen-bond donors (Lipinski definition) is 1. The van der Waals surface area contributed by atoms with Gasteiger partial charge in [-0.25, -0.2) is 4.52 Å². The van der Waals surface area contributed by atoms with Gasteiger partial charge in [-0.3, -0.25) is 9.36 Å². The summed E-state index contributed by atoms with van der Waals surface area (Å²) in [4.78, 5) is 18.6. The first kappa shape index (κ1) is 24.9. The number of aliphatic hydroxyl groups is 1. The maximum Gasteiger partial charge on any atom is 0.259 e. The van der Waals surface area contributed by atoms with Gasteiger partial charge in [-0.1, -0.05) is 62.7 Å². The first-order valence-corrected chi connectivity index (χ1v) is 13.1. The number of aliphatic hydroxyl groups excluding tert-OH is 1. The molecule has 2 heterocycles. The van der Waals surface area contributed by atoms with Crippen LogP contribution in [-0.2, 0) is 12.8 Å². The molecule has 4 aromatic rings. The van der Waals surface area contributed by atoms with E-state index in [-0.39, 0.29) is 23.6 Å². The fraction of sp³-hybridized carbons (Fsp3) is 0.400. The van der Waals surface area contributed by atoms with Crippen molar-refractivity contribution in [1.82, 2.24) is 19.2 Å². The highest BCUT2D eigenvalue weighted by Crippen LogP contribution is 2.40. The third-order valence-electron chi connectivity index (χ3n) is 7.92. The van der Waals surface area contributed by atoms with E-state index in [9.17, 15) is 15.2 Å². The van der Waals surface area contributed by atoms with E-state index in [0.29, 0.717) is 17.8 Å². The van der Waals surface area contributed by atoms with E-state index < -0.39 is 0 Å². The van der Waals surface area contributed by atoms with Crippen LogP contribution < -0.4 is 5.56 Å². The van der Waals surface area contributed by atoms with Gasteiger partial charge in [-0.05, 0) is 60.3 Å². The SMILES string of the molecule is CCCc1c(Cc2ccc(-c3ccccc3C#N)cc2)c(=O)n([C@H]2CC[C@](C)(CO)CC2)c2ncnn12. The monoisotopic (exact) mass is 495 g/mol. The van der Waals surface area contributed by atoms with Crippen LogP contribution in [0, 0.1) is 16.7 Å². The first-order chi connectivity index (χ1) is 18.0. The molecule has 2 aromatic carbocycles. The molecule has 0 amide bonds. The second-order valence-electron chi connectivity index (χ2n) is 10.6. The van der Waals surface area contributed by atoms with Crippen molar-refractivity contribution in [2.24, 2.45) is 5.41 Å². The number of nitrogens with zero attached hydrogens (tertiary/aromatic N) is 5. The zero-order chi connectivity index (χ0) is 26.0. The zero-order valence-corrected chi connectivity index (χ0v) is 21.5. The minimum atomic E-state index is -0.0824. The Morgan fingerprint density at radius 1 is 1.14 bits per heavy atom. The van der Waals surface area contributed by atoms with E-state index >= 15 is 0 Å². The second-order valence-corrected chi connectivity index (χ2v) is 10.6. The van der Waals surface area contributed by atoms with E-state index in [0.717, 1.165) is 66.5 Å². The molecule has 5 rings (SSSR count). The molecule has 0 radical (unpaired) electrons. The number of benzene rings is 2. The fourth-order valence-electron chi connectivity index (χ4n) is 5.63. The van der Waals surface area contributed by atoms with Crippen molar-refractivity contribution in [3.8, 4) is 17.2 Å². The van der Waals surface area contributed by atoms with Crippen LogP contribution in [-0.4, -0.2) is 30.9 Å². The quantitative estimate of drug-likeness (QED) is 0.385. The number of aryl methyl sites for hydroxylation is 1. The average molecular weight is 496 g/mol. The van der Waals surface area contributed by atoms with Crippen LogP contribution in [0.5, 0.6) is 0 Å². The van der Waals surface area contributed by atoms with E-state index in [2.05, 4.69) is 30.0 Å². The van der Waals surface area contributed by atoms with Gasteiger partial charge < -0.3 is 5.11 Å². The number of rotatable bonds is 7. The summed E-state index contributed by atoms with van der Waals surface area (Å²) in [5.74, 6) is 0.609. The Kier molecular flexibility index (Phi) is 6.94. The second kappa shape index (κ2) is 10.3. The Morgan fingerprint density at radius 2 is 1.86 bits per heavy atom. The largest absolute Gasteiger partial charge is 0.396 e. The van der Waals surface area contributed by atoms with Gasteiger partial charge in [-0.15, -0.1) is 0 Å². The molecule has 0 atom stereocenters. The fourth-order valence-corrected chi connectivity index (χ4v) is 5.63. The zero-order valence-electron chi connectivity index (χ0n) is 21.5. The summed E-state index contributed by atoms with van der Waals surface area (Å²) in [6, 6.07) is 18.0. The van der Waals surface area contributed by atoms with Crippen LogP contribution in [0.4, 0.5) is 0 Å². The number of aromatic nitrogens is 4. The molecular formula is C30H33N5O2. The summed E-state index contributed by atoms with van der Waals surface area (Å²) < 4.78 is 3.72. The lowest BCUT2D eigenvalue weighted by Gasteiger charge is -2.36. The van der Waals surface area contributed by atoms with Crippen molar-refractivity contribution in [2.75, 3.05) is 6.61 Å². The smallest absolute Gasteiger partial charge is 0.259 e. The molecule has 1 fully saturated rings. The van der Waals surface area contributed by atoms with Gasteiger partial charge in [0.15, 0.2) is 0 Å². The Morgan fingerprint density at radius 3 is 2.54 bits per heavy atom. The molecule has 7 nitrogen and oxygen atoms in total. The predicted molar refractivity (Wildman–Crippen MR) is 143 cm³/mol. The van der Waals surface area contributed by atoms with Crippen LogP contribution in [0.2, 0.25) is 0 Å². The predicted octanol–water partition coefficient (Wildman–Crippen LogP) is 5.09. The maximum atomic E-state index is 14.1. The molecule has 0 spiro atoms. The van der Waals surface area contributed by atoms with Crippen molar-refractivity contribution in [1.29, 1.82) is 5.26 Å². The molecule has 190 valence electrons. The van der Waals surface area contributed by atoms with Crippen molar-refractivity contribution >= 4 is 5.78 Å². The van der Waals surface area contributed by atoms with Crippen molar-refractivity contribution in [2.45, 2.75) is 64.8 Å². The molecule has 7 heteroatoms. The minimum Gasteiger partial charge on any atom is -0.396 e. The summed E-state index contributed by atoms with van der Waals surface area (Å²) >= 11 is 0. The van der Waals surface area contributed by atoms with E-state index in [1.807, 2.05) is 57.6 Å². The normalized spacial score (nSPS) is 19.7. The molecule has 1 aliphatic carbocycles. The van der Waals surface area contributed by atoms with Gasteiger partial charge in [0.2, 0.25) is 5.78 Å². The minimum absolute atomic E-state index is 0.0143. The van der Waals surface area contributed by atoms with Crippen molar-refractivity contribution in [3.63, 3.8) is 0 Å². The summed E-state index contributed by atoms with van der Waals surface area (Å²) in [5, 5.41) is 23.8. The topological polar surface area (TPSA) is 96.2 Å². The van der Waals surface area contributed by atoms with Gasteiger partial charge in [0.1, 0.15) is 6.33 Å². The van der Waals surface area contributed by atoms with Gasteiger partial charge in [0.05, 0.1) is 17.3 Å². The van der Waals surface area contributed by atoms with Crippen molar-refractivity contribution in [3.05, 3.63) is 87.6 Å². The van der Waals surface area contributed by atoms with Crippen LogP contribution in [0.15, 0.2) is 59.7 Å². The van der Waals surface area contributed by atoms with E-state index in [1.165, 1.54) is 6.33 Å². The number of fused-ring (bicyclic) bond motifs is 1. The molecule has 0 saturated heterocycles. The standard InChI is InChI=1S/C30H33N5O2/c1-3-6-27-26(17-21-9-11-22(12-10-21)25-8-5-4-7-23(25)18-31)28(37)34(29-32-20-33-35(27)29)24-13-15-30(2,19-36)16-14-24/h4-5,7-12,20,24,36H,3,6,13-17,19H2,1-2H3/t24-,30-. The van der Waals surface area contributed by atoms with Crippen molar-refractivity contribution < 1.29 is 5.11 Å². The van der Waals surface area contributed by atoms with Crippen LogP contribution in [0.3, 0.4) is 0 Å². The van der Waals surface area contributed by atoms with Gasteiger partial charge in [0, 0.05) is 24.6 Å². The highest BCUT2D eigenvalue weighted by Gasteiger charge is 2.33. The Bertz CT molecular complexity index is 1500. The Hall–Kier alpha value is -3.76. The van der Waals surface area contributed by atoms with Crippen LogP contribution >= 0.6 is 0 Å². The Labute approximate surface area is 217 Å². The molecule has 0 unspecified atom stereocenters. The lowest BCUT2D eigenvalue weighted by molar-refractivity contribution is 0.0828. The van der Waals surface area contributed by atoms with Gasteiger partial charge >= 0.3 is 0 Å². The summed E-state index contributed by atoms with van der Waals surface area (Å²) in [6.07, 6.45) is 7.09. The molecule has 2 aromatic heterocycles. The molecular weight excluding hydrogens is 462 g/mol. The summed E-state index contributed by atoms with van der Waals surface area (Å²) in [6.45, 7) is 4.40. The highest BCUT2D eigenvalue weighted by atomic mass is 16.3. The number of hydrogen-bond acceptors (Lipinski definition) is 5. The van der Waals surface area contributed by atoms with Crippen LogP contribution in [0.1, 0.15) is 74.4 Å². The maximum absolute atomic E-state index is 14.1. The summed E-state index contributed by atoms with van der Waals surface area (Å²) in [5.41, 5.74) is 5.18. The molecule has 1 N–H and O–H groups in total. The highest BCUT2D eigenvalue weighted by molar-refractivity contribution is 5.70. The Balaban J connectivity index is 1.54. The van der Waals surface area contributed by atoms with Gasteiger partial charge in [-0.2, -0.15) is 15.3 Å². The average Bonchev–Trinajstić information content (AvgIpc) is 3.41. The third-order valence-corrected chi connectivity index (χ3v) is 7.92. The number of nitriles is 1. The van der Waals surface area contributed by atoms with E-state index in [1.54, 1.807) is 0 Å². The lowest BCUT2D eigenvalue weighted by atomic mass is 9.74. The molecule has 0 bridgehead atoms. The third kappa shape index (κ3) is 4.70. The lowest BCUT2D eigenvalue weighted by Crippen LogP contribution is -2.36. The molecule has 1 aliphatic rings. The molecule has 37 heavy (non-hydrogen) atoms.